The minimum absolute atomic E-state index is 0.0693. The van der Waals surface area contributed by atoms with E-state index in [2.05, 4.69) is 38.2 Å². The highest BCUT2D eigenvalue weighted by atomic mass is 16.5. The van der Waals surface area contributed by atoms with Gasteiger partial charge in [-0.3, -0.25) is 9.59 Å². The van der Waals surface area contributed by atoms with Crippen LogP contribution in [0.5, 0.6) is 0 Å². The summed E-state index contributed by atoms with van der Waals surface area (Å²) in [5.74, 6) is 1.32. The number of hydrogen-bond acceptors (Lipinski definition) is 4. The zero-order chi connectivity index (χ0) is 26.2. The number of amides is 1. The van der Waals surface area contributed by atoms with E-state index in [1.165, 1.54) is 0 Å². The Kier molecular flexibility index (Phi) is 7.63. The highest BCUT2D eigenvalue weighted by Gasteiger charge is 2.47. The summed E-state index contributed by atoms with van der Waals surface area (Å²) in [6.07, 6.45) is 5.42. The van der Waals surface area contributed by atoms with E-state index in [9.17, 15) is 14.7 Å². The van der Waals surface area contributed by atoms with Crippen molar-refractivity contribution in [2.24, 2.45) is 17.3 Å². The lowest BCUT2D eigenvalue weighted by molar-refractivity contribution is -0.137. The predicted octanol–water partition coefficient (Wildman–Crippen LogP) is 7.32. The van der Waals surface area contributed by atoms with Gasteiger partial charge in [-0.15, -0.1) is 0 Å². The summed E-state index contributed by atoms with van der Waals surface area (Å²) < 4.78 is 5.98. The molecule has 1 aromatic heterocycles. The molecule has 2 atom stereocenters. The lowest BCUT2D eigenvalue weighted by Gasteiger charge is -2.49. The van der Waals surface area contributed by atoms with Gasteiger partial charge in [0.2, 0.25) is 5.91 Å². The molecular weight excluding hydrogens is 452 g/mol. The summed E-state index contributed by atoms with van der Waals surface area (Å²) in [5.41, 5.74) is 4.98. The number of rotatable bonds is 11. The summed E-state index contributed by atoms with van der Waals surface area (Å²) in [6.45, 7) is 13.3. The molecule has 0 spiro atoms. The van der Waals surface area contributed by atoms with Crippen LogP contribution in [0.15, 0.2) is 22.7 Å². The van der Waals surface area contributed by atoms with Crippen LogP contribution in [0.4, 0.5) is 5.69 Å². The van der Waals surface area contributed by atoms with Crippen LogP contribution >= 0.6 is 0 Å². The third-order valence-electron chi connectivity index (χ3n) is 9.19. The zero-order valence-electron chi connectivity index (χ0n) is 22.7. The van der Waals surface area contributed by atoms with Gasteiger partial charge in [-0.2, -0.15) is 0 Å². The molecule has 36 heavy (non-hydrogen) atoms. The molecule has 2 aromatic rings. The minimum Gasteiger partial charge on any atom is -0.481 e. The van der Waals surface area contributed by atoms with Gasteiger partial charge in [0, 0.05) is 29.5 Å². The molecule has 0 aliphatic heterocycles. The number of aliphatic carboxylic acids is 1. The molecule has 2 aliphatic rings. The highest BCUT2D eigenvalue weighted by molar-refractivity contribution is 5.92. The fourth-order valence-corrected chi connectivity index (χ4v) is 6.09. The van der Waals surface area contributed by atoms with E-state index in [0.717, 1.165) is 60.2 Å². The van der Waals surface area contributed by atoms with Crippen molar-refractivity contribution in [3.63, 3.8) is 0 Å². The second kappa shape index (κ2) is 10.4. The third kappa shape index (κ3) is 5.37. The monoisotopic (exact) mass is 494 g/mol. The molecule has 1 amide bonds. The number of nitrogens with zero attached hydrogens (tertiary/aromatic N) is 1. The quantitative estimate of drug-likeness (QED) is 0.341. The maximum atomic E-state index is 13.0. The van der Waals surface area contributed by atoms with Crippen molar-refractivity contribution in [3.05, 3.63) is 46.3 Å². The maximum Gasteiger partial charge on any atom is 0.304 e. The fraction of sp³-hybridized carbons (Fsp3) is 0.633. The molecule has 2 unspecified atom stereocenters. The Morgan fingerprint density at radius 3 is 2.42 bits per heavy atom. The molecule has 2 saturated carbocycles. The van der Waals surface area contributed by atoms with Crippen LogP contribution in [0.1, 0.15) is 119 Å². The Morgan fingerprint density at radius 2 is 1.86 bits per heavy atom. The molecular formula is C30H42N2O4. The van der Waals surface area contributed by atoms with Gasteiger partial charge in [0.15, 0.2) is 0 Å². The molecule has 2 fully saturated rings. The number of carbonyl (C=O) groups excluding carboxylic acids is 1. The van der Waals surface area contributed by atoms with E-state index < -0.39 is 11.9 Å². The normalized spacial score (nSPS) is 22.1. The molecule has 0 saturated heterocycles. The lowest BCUT2D eigenvalue weighted by Crippen LogP contribution is -2.40. The predicted molar refractivity (Wildman–Crippen MR) is 141 cm³/mol. The standard InChI is InChI=1S/C30H42N2O4/c1-7-30(6,17(2)3)23-13-22(14-23)29-27(20-9-10-20)28(32-36-29)21(16-26(34)35)15-25(33)31-24-11-8-18(4)12-19(24)5/h8,11-12,17,20-23H,7,9-10,13-16H2,1-6H3,(H,31,33)(H,34,35). The highest BCUT2D eigenvalue weighted by Crippen LogP contribution is 2.57. The second-order valence-corrected chi connectivity index (χ2v) is 11.9. The largest absolute Gasteiger partial charge is 0.481 e. The van der Waals surface area contributed by atoms with Crippen LogP contribution in [0, 0.1) is 31.1 Å². The molecule has 196 valence electrons. The first kappa shape index (κ1) is 26.4. The van der Waals surface area contributed by atoms with E-state index in [0.29, 0.717) is 34.8 Å². The second-order valence-electron chi connectivity index (χ2n) is 11.9. The number of aromatic nitrogens is 1. The van der Waals surface area contributed by atoms with Gasteiger partial charge in [-0.05, 0) is 74.3 Å². The van der Waals surface area contributed by atoms with Crippen molar-refractivity contribution >= 4 is 17.6 Å². The molecule has 1 aromatic carbocycles. The molecule has 0 radical (unpaired) electrons. The number of benzene rings is 1. The number of hydrogen-bond donors (Lipinski definition) is 2. The molecule has 1 heterocycles. The van der Waals surface area contributed by atoms with Gasteiger partial charge >= 0.3 is 5.97 Å². The molecule has 4 rings (SSSR count). The van der Waals surface area contributed by atoms with Crippen molar-refractivity contribution in [3.8, 4) is 0 Å². The maximum absolute atomic E-state index is 13.0. The van der Waals surface area contributed by atoms with Crippen molar-refractivity contribution in [2.45, 2.75) is 104 Å². The first-order valence-electron chi connectivity index (χ1n) is 13.6. The Morgan fingerprint density at radius 1 is 1.17 bits per heavy atom. The van der Waals surface area contributed by atoms with Crippen molar-refractivity contribution in [2.75, 3.05) is 5.32 Å². The van der Waals surface area contributed by atoms with Crippen LogP contribution in [0.25, 0.3) is 0 Å². The SMILES string of the molecule is CCC(C)(C(C)C)C1CC(c2onc(C(CC(=O)O)CC(=O)Nc3ccc(C)cc3C)c2C2CC2)C1. The average Bonchev–Trinajstić information content (AvgIpc) is 3.52. The molecule has 2 aliphatic carbocycles. The van der Waals surface area contributed by atoms with Crippen LogP contribution < -0.4 is 5.32 Å². The average molecular weight is 495 g/mol. The van der Waals surface area contributed by atoms with Crippen LogP contribution in [-0.2, 0) is 9.59 Å². The van der Waals surface area contributed by atoms with Crippen molar-refractivity contribution in [1.82, 2.24) is 5.16 Å². The summed E-state index contributed by atoms with van der Waals surface area (Å²) in [7, 11) is 0. The molecule has 2 N–H and O–H groups in total. The smallest absolute Gasteiger partial charge is 0.304 e. The van der Waals surface area contributed by atoms with Gasteiger partial charge in [-0.25, -0.2) is 0 Å². The number of aryl methyl sites for hydroxylation is 2. The molecule has 0 bridgehead atoms. The Balaban J connectivity index is 1.53. The van der Waals surface area contributed by atoms with Crippen LogP contribution in [0.3, 0.4) is 0 Å². The molecule has 6 heteroatoms. The van der Waals surface area contributed by atoms with E-state index in [-0.39, 0.29) is 18.7 Å². The number of nitrogens with one attached hydrogen (secondary N) is 1. The van der Waals surface area contributed by atoms with Gasteiger partial charge in [0.25, 0.3) is 0 Å². The molecule has 6 nitrogen and oxygen atoms in total. The summed E-state index contributed by atoms with van der Waals surface area (Å²) >= 11 is 0. The van der Waals surface area contributed by atoms with Crippen molar-refractivity contribution < 1.29 is 19.2 Å². The van der Waals surface area contributed by atoms with E-state index in [1.807, 2.05) is 32.0 Å². The third-order valence-corrected chi connectivity index (χ3v) is 9.19. The Bertz CT molecular complexity index is 1110. The van der Waals surface area contributed by atoms with Gasteiger partial charge in [-0.1, -0.05) is 57.0 Å². The van der Waals surface area contributed by atoms with Gasteiger partial charge in [0.05, 0.1) is 12.1 Å². The minimum atomic E-state index is -0.926. The summed E-state index contributed by atoms with van der Waals surface area (Å²) in [4.78, 5) is 24.8. The number of anilines is 1. The summed E-state index contributed by atoms with van der Waals surface area (Å²) in [6, 6.07) is 5.88. The van der Waals surface area contributed by atoms with E-state index >= 15 is 0 Å². The number of carboxylic acids is 1. The van der Waals surface area contributed by atoms with E-state index in [4.69, 9.17) is 4.52 Å². The zero-order valence-corrected chi connectivity index (χ0v) is 22.7. The lowest BCUT2D eigenvalue weighted by atomic mass is 9.56. The summed E-state index contributed by atoms with van der Waals surface area (Å²) in [5, 5.41) is 17.1. The number of carbonyl (C=O) groups is 2. The Hall–Kier alpha value is -2.63. The number of carboxylic acid groups (broad SMARTS) is 1. The van der Waals surface area contributed by atoms with Gasteiger partial charge < -0.3 is 14.9 Å². The van der Waals surface area contributed by atoms with Crippen molar-refractivity contribution in [1.29, 1.82) is 0 Å². The van der Waals surface area contributed by atoms with E-state index in [1.54, 1.807) is 0 Å². The van der Waals surface area contributed by atoms with Crippen LogP contribution in [0.2, 0.25) is 0 Å². The first-order chi connectivity index (χ1) is 17.0. The first-order valence-corrected chi connectivity index (χ1v) is 13.6. The van der Waals surface area contributed by atoms with Crippen LogP contribution in [-0.4, -0.2) is 22.1 Å². The van der Waals surface area contributed by atoms with Gasteiger partial charge in [0.1, 0.15) is 5.76 Å². The Labute approximate surface area is 215 Å². The fourth-order valence-electron chi connectivity index (χ4n) is 6.09. The topological polar surface area (TPSA) is 92.4 Å².